The Labute approximate surface area is 141 Å². The lowest BCUT2D eigenvalue weighted by atomic mass is 10.2. The lowest BCUT2D eigenvalue weighted by molar-refractivity contribution is -0.385. The van der Waals surface area contributed by atoms with E-state index in [1.807, 2.05) is 0 Å². The maximum atomic E-state index is 12.1. The maximum Gasteiger partial charge on any atom is 0.271 e. The van der Waals surface area contributed by atoms with Crippen molar-refractivity contribution >= 4 is 27.3 Å². The minimum Gasteiger partial charge on any atom is -0.267 e. The number of hydrazine groups is 1. The Balaban J connectivity index is 2.22. The fourth-order valence-corrected chi connectivity index (χ4v) is 2.46. The predicted molar refractivity (Wildman–Crippen MR) is 85.4 cm³/mol. The van der Waals surface area contributed by atoms with Crippen LogP contribution in [0.4, 0.5) is 5.69 Å². The van der Waals surface area contributed by atoms with Crippen molar-refractivity contribution in [1.82, 2.24) is 15.8 Å². The van der Waals surface area contributed by atoms with Gasteiger partial charge >= 0.3 is 0 Å². The van der Waals surface area contributed by atoms with E-state index >= 15 is 0 Å². The van der Waals surface area contributed by atoms with Gasteiger partial charge < -0.3 is 0 Å². The molecule has 0 aliphatic rings. The van der Waals surface area contributed by atoms with E-state index in [0.29, 0.717) is 0 Å². The molecule has 0 saturated heterocycles. The third-order valence-electron chi connectivity index (χ3n) is 3.01. The molecule has 2 rings (SSSR count). The van der Waals surface area contributed by atoms with Gasteiger partial charge in [0.25, 0.3) is 17.5 Å². The maximum absolute atomic E-state index is 12.1. The standard InChI is InChI=1S/C14H12N4O6S/c1-25(23,24)12-6-10(5-11(7-12)18(21)22)14(20)17-16-13(19)9-3-2-4-15-8-9/h2-8H,1H3,(H,16,19)(H,17,20). The van der Waals surface area contributed by atoms with Gasteiger partial charge in [-0.2, -0.15) is 0 Å². The summed E-state index contributed by atoms with van der Waals surface area (Å²) in [5.41, 5.74) is 3.49. The molecule has 0 bridgehead atoms. The molecule has 2 aromatic rings. The average molecular weight is 364 g/mol. The molecule has 2 N–H and O–H groups in total. The molecule has 0 unspecified atom stereocenters. The molecule has 0 aliphatic heterocycles. The van der Waals surface area contributed by atoms with Crippen LogP contribution in [0.15, 0.2) is 47.6 Å². The number of carbonyl (C=O) groups excluding carboxylic acids is 2. The molecule has 1 aromatic heterocycles. The van der Waals surface area contributed by atoms with Crippen LogP contribution < -0.4 is 10.9 Å². The van der Waals surface area contributed by atoms with E-state index < -0.39 is 32.3 Å². The summed E-state index contributed by atoms with van der Waals surface area (Å²) in [6.07, 6.45) is 3.60. The molecule has 10 nitrogen and oxygen atoms in total. The second-order valence-electron chi connectivity index (χ2n) is 4.89. The van der Waals surface area contributed by atoms with Crippen LogP contribution in [0.25, 0.3) is 0 Å². The van der Waals surface area contributed by atoms with Gasteiger partial charge in [0.15, 0.2) is 9.84 Å². The molecule has 1 heterocycles. The first kappa shape index (κ1) is 18.0. The zero-order valence-electron chi connectivity index (χ0n) is 12.8. The summed E-state index contributed by atoms with van der Waals surface area (Å²) in [6.45, 7) is 0. The highest BCUT2D eigenvalue weighted by Gasteiger charge is 2.19. The van der Waals surface area contributed by atoms with Gasteiger partial charge in [-0.15, -0.1) is 0 Å². The number of nitrogens with one attached hydrogen (secondary N) is 2. The Morgan fingerprint density at radius 3 is 2.28 bits per heavy atom. The summed E-state index contributed by atoms with van der Waals surface area (Å²) in [5.74, 6) is -1.57. The molecule has 2 amide bonds. The van der Waals surface area contributed by atoms with Crippen molar-refractivity contribution in [2.75, 3.05) is 6.26 Å². The molecule has 0 spiro atoms. The lowest BCUT2D eigenvalue weighted by Gasteiger charge is -2.08. The Morgan fingerprint density at radius 2 is 1.76 bits per heavy atom. The van der Waals surface area contributed by atoms with Gasteiger partial charge in [0.2, 0.25) is 0 Å². The van der Waals surface area contributed by atoms with Crippen molar-refractivity contribution in [3.05, 3.63) is 64.0 Å². The number of carbonyl (C=O) groups is 2. The number of non-ortho nitro benzene ring substituents is 1. The number of nitrogens with zero attached hydrogens (tertiary/aromatic N) is 2. The minimum absolute atomic E-state index is 0.179. The topological polar surface area (TPSA) is 148 Å². The van der Waals surface area contributed by atoms with Crippen molar-refractivity contribution in [3.63, 3.8) is 0 Å². The summed E-state index contributed by atoms with van der Waals surface area (Å²) in [7, 11) is -3.77. The summed E-state index contributed by atoms with van der Waals surface area (Å²) < 4.78 is 23.2. The van der Waals surface area contributed by atoms with Gasteiger partial charge in [-0.25, -0.2) is 8.42 Å². The fraction of sp³-hybridized carbons (Fsp3) is 0.0714. The van der Waals surface area contributed by atoms with Crippen molar-refractivity contribution < 1.29 is 22.9 Å². The number of pyridine rings is 1. The van der Waals surface area contributed by atoms with Gasteiger partial charge in [-0.05, 0) is 18.2 Å². The summed E-state index contributed by atoms with van der Waals surface area (Å²) in [4.78, 5) is 37.3. The number of hydrogen-bond donors (Lipinski definition) is 2. The van der Waals surface area contributed by atoms with Crippen molar-refractivity contribution in [2.45, 2.75) is 4.90 Å². The number of benzene rings is 1. The molecule has 11 heteroatoms. The third kappa shape index (κ3) is 4.57. The number of rotatable bonds is 4. The summed E-state index contributed by atoms with van der Waals surface area (Å²) in [5, 5.41) is 10.9. The Hall–Kier alpha value is -3.34. The van der Waals surface area contributed by atoms with Crippen LogP contribution in [-0.2, 0) is 9.84 Å². The first-order valence-electron chi connectivity index (χ1n) is 6.69. The smallest absolute Gasteiger partial charge is 0.267 e. The zero-order chi connectivity index (χ0) is 18.6. The van der Waals surface area contributed by atoms with Crippen LogP contribution in [0, 0.1) is 10.1 Å². The number of nitro groups is 1. The molecule has 130 valence electrons. The predicted octanol–water partition coefficient (Wildman–Crippen LogP) is 0.468. The second-order valence-corrected chi connectivity index (χ2v) is 6.91. The second kappa shape index (κ2) is 7.05. The number of amides is 2. The third-order valence-corrected chi connectivity index (χ3v) is 4.10. The van der Waals surface area contributed by atoms with Gasteiger partial charge in [0.1, 0.15) is 0 Å². The van der Waals surface area contributed by atoms with Crippen LogP contribution in [-0.4, -0.2) is 36.4 Å². The number of aromatic nitrogens is 1. The molecule has 0 atom stereocenters. The van der Waals surface area contributed by atoms with E-state index in [1.165, 1.54) is 24.5 Å². The van der Waals surface area contributed by atoms with Crippen LogP contribution >= 0.6 is 0 Å². The van der Waals surface area contributed by atoms with E-state index in [1.54, 1.807) is 0 Å². The highest BCUT2D eigenvalue weighted by atomic mass is 32.2. The van der Waals surface area contributed by atoms with Crippen LogP contribution in [0.5, 0.6) is 0 Å². The number of nitro benzene ring substituents is 1. The van der Waals surface area contributed by atoms with E-state index in [4.69, 9.17) is 0 Å². The Bertz CT molecular complexity index is 943. The number of hydrogen-bond acceptors (Lipinski definition) is 7. The molecular weight excluding hydrogens is 352 g/mol. The SMILES string of the molecule is CS(=O)(=O)c1cc(C(=O)NNC(=O)c2cccnc2)cc([N+](=O)[O-])c1. The molecule has 0 saturated carbocycles. The highest BCUT2D eigenvalue weighted by Crippen LogP contribution is 2.20. The monoisotopic (exact) mass is 364 g/mol. The molecular formula is C14H12N4O6S. The van der Waals surface area contributed by atoms with Crippen LogP contribution in [0.1, 0.15) is 20.7 Å². The van der Waals surface area contributed by atoms with Crippen molar-refractivity contribution in [1.29, 1.82) is 0 Å². The van der Waals surface area contributed by atoms with E-state index in [9.17, 15) is 28.1 Å². The van der Waals surface area contributed by atoms with Gasteiger partial charge in [-0.3, -0.25) is 35.5 Å². The first-order valence-corrected chi connectivity index (χ1v) is 8.58. The quantitative estimate of drug-likeness (QED) is 0.591. The molecule has 0 aliphatic carbocycles. The Morgan fingerprint density at radius 1 is 1.12 bits per heavy atom. The minimum atomic E-state index is -3.77. The fourth-order valence-electron chi connectivity index (χ4n) is 1.79. The van der Waals surface area contributed by atoms with Crippen molar-refractivity contribution in [3.8, 4) is 0 Å². The van der Waals surface area contributed by atoms with Gasteiger partial charge in [0.05, 0.1) is 15.4 Å². The Kier molecular flexibility index (Phi) is 5.08. The van der Waals surface area contributed by atoms with Crippen LogP contribution in [0.3, 0.4) is 0 Å². The summed E-state index contributed by atoms with van der Waals surface area (Å²) >= 11 is 0. The van der Waals surface area contributed by atoms with Crippen molar-refractivity contribution in [2.24, 2.45) is 0 Å². The highest BCUT2D eigenvalue weighted by molar-refractivity contribution is 7.90. The normalized spacial score (nSPS) is 10.8. The summed E-state index contributed by atoms with van der Waals surface area (Å²) in [6, 6.07) is 5.72. The van der Waals surface area contributed by atoms with E-state index in [2.05, 4.69) is 15.8 Å². The largest absolute Gasteiger partial charge is 0.271 e. The molecule has 0 fully saturated rings. The van der Waals surface area contributed by atoms with E-state index in [-0.39, 0.29) is 16.0 Å². The molecule has 25 heavy (non-hydrogen) atoms. The lowest BCUT2D eigenvalue weighted by Crippen LogP contribution is -2.41. The van der Waals surface area contributed by atoms with Gasteiger partial charge in [-0.1, -0.05) is 0 Å². The van der Waals surface area contributed by atoms with E-state index in [0.717, 1.165) is 24.5 Å². The van der Waals surface area contributed by atoms with Crippen LogP contribution in [0.2, 0.25) is 0 Å². The average Bonchev–Trinajstić information content (AvgIpc) is 2.58. The van der Waals surface area contributed by atoms with Gasteiger partial charge in [0, 0.05) is 36.3 Å². The number of sulfone groups is 1. The first-order chi connectivity index (χ1) is 11.7. The molecule has 0 radical (unpaired) electrons. The molecule has 1 aromatic carbocycles. The zero-order valence-corrected chi connectivity index (χ0v) is 13.6.